The molecule has 0 heterocycles. The normalized spacial score (nSPS) is 12.7. The number of ketones is 1. The van der Waals surface area contributed by atoms with Gasteiger partial charge in [-0.25, -0.2) is 0 Å². The molecule has 1 unspecified atom stereocenters. The Morgan fingerprint density at radius 3 is 2.87 bits per heavy atom. The van der Waals surface area contributed by atoms with Crippen LogP contribution >= 0.6 is 11.6 Å². The lowest BCUT2D eigenvalue weighted by Crippen LogP contribution is -2.04. The average Bonchev–Trinajstić information content (AvgIpc) is 2.26. The van der Waals surface area contributed by atoms with Crippen LogP contribution in [0.15, 0.2) is 34.5 Å². The SMILES string of the molecule is COc1cccc(N=NC(Cl)C(C)=O)c1. The molecule has 5 heteroatoms. The molecule has 1 rings (SSSR count). The van der Waals surface area contributed by atoms with Crippen molar-refractivity contribution in [2.24, 2.45) is 10.2 Å². The van der Waals surface area contributed by atoms with Crippen LogP contribution in [0.5, 0.6) is 5.75 Å². The molecule has 0 aliphatic heterocycles. The second-order valence-corrected chi connectivity index (χ2v) is 3.28. The predicted molar refractivity (Wildman–Crippen MR) is 57.8 cm³/mol. The first kappa shape index (κ1) is 11.7. The van der Waals surface area contributed by atoms with Gasteiger partial charge >= 0.3 is 0 Å². The predicted octanol–water partition coefficient (Wildman–Crippen LogP) is 2.93. The zero-order chi connectivity index (χ0) is 11.3. The van der Waals surface area contributed by atoms with Crippen molar-refractivity contribution in [2.45, 2.75) is 12.4 Å². The Morgan fingerprint density at radius 2 is 2.27 bits per heavy atom. The van der Waals surface area contributed by atoms with Gasteiger partial charge in [0.2, 0.25) is 5.50 Å². The lowest BCUT2D eigenvalue weighted by Gasteiger charge is -1.99. The minimum absolute atomic E-state index is 0.233. The Balaban J connectivity index is 2.75. The maximum atomic E-state index is 10.8. The topological polar surface area (TPSA) is 51.0 Å². The Kier molecular flexibility index (Phi) is 4.24. The maximum absolute atomic E-state index is 10.8. The standard InChI is InChI=1S/C10H11ClN2O2/c1-7(14)10(11)13-12-8-4-3-5-9(6-8)15-2/h3-6,10H,1-2H3. The van der Waals surface area contributed by atoms with Crippen LogP contribution in [0.4, 0.5) is 5.69 Å². The molecule has 0 amide bonds. The molecule has 0 radical (unpaired) electrons. The summed E-state index contributed by atoms with van der Waals surface area (Å²) in [5, 5.41) is 7.48. The number of hydrogen-bond acceptors (Lipinski definition) is 4. The minimum atomic E-state index is -0.920. The monoisotopic (exact) mass is 226 g/mol. The van der Waals surface area contributed by atoms with E-state index in [2.05, 4.69) is 10.2 Å². The summed E-state index contributed by atoms with van der Waals surface area (Å²) >= 11 is 5.60. The maximum Gasteiger partial charge on any atom is 0.202 e. The molecule has 0 fully saturated rings. The number of ether oxygens (including phenoxy) is 1. The van der Waals surface area contributed by atoms with Crippen LogP contribution in [-0.4, -0.2) is 18.4 Å². The second kappa shape index (κ2) is 5.46. The highest BCUT2D eigenvalue weighted by Crippen LogP contribution is 2.20. The molecule has 80 valence electrons. The lowest BCUT2D eigenvalue weighted by molar-refractivity contribution is -0.116. The van der Waals surface area contributed by atoms with Gasteiger partial charge in [0.1, 0.15) is 5.75 Å². The van der Waals surface area contributed by atoms with Crippen molar-refractivity contribution < 1.29 is 9.53 Å². The van der Waals surface area contributed by atoms with Gasteiger partial charge < -0.3 is 4.74 Å². The van der Waals surface area contributed by atoms with E-state index in [4.69, 9.17) is 16.3 Å². The first-order valence-electron chi connectivity index (χ1n) is 4.33. The number of carbonyl (C=O) groups excluding carboxylic acids is 1. The van der Waals surface area contributed by atoms with Gasteiger partial charge in [0, 0.05) is 6.07 Å². The third kappa shape index (κ3) is 3.67. The van der Waals surface area contributed by atoms with E-state index in [1.54, 1.807) is 31.4 Å². The number of halogens is 1. The van der Waals surface area contributed by atoms with Gasteiger partial charge in [0.05, 0.1) is 12.8 Å². The number of Topliss-reactive ketones (excluding diaryl/α,β-unsaturated/α-hetero) is 1. The van der Waals surface area contributed by atoms with E-state index in [9.17, 15) is 4.79 Å². The number of benzene rings is 1. The molecule has 0 spiro atoms. The van der Waals surface area contributed by atoms with Crippen LogP contribution in [-0.2, 0) is 4.79 Å². The quantitative estimate of drug-likeness (QED) is 0.450. The van der Waals surface area contributed by atoms with Crippen molar-refractivity contribution in [2.75, 3.05) is 7.11 Å². The Labute approximate surface area is 92.9 Å². The Morgan fingerprint density at radius 1 is 1.53 bits per heavy atom. The number of carbonyl (C=O) groups is 1. The molecule has 0 saturated heterocycles. The number of methoxy groups -OCH3 is 1. The van der Waals surface area contributed by atoms with Gasteiger partial charge in [-0.05, 0) is 19.1 Å². The van der Waals surface area contributed by atoms with Crippen LogP contribution < -0.4 is 4.74 Å². The third-order valence-corrected chi connectivity index (χ3v) is 2.06. The first-order chi connectivity index (χ1) is 7.13. The Hall–Kier alpha value is -1.42. The van der Waals surface area contributed by atoms with Gasteiger partial charge in [0.25, 0.3) is 0 Å². The minimum Gasteiger partial charge on any atom is -0.497 e. The molecule has 0 saturated carbocycles. The summed E-state index contributed by atoms with van der Waals surface area (Å²) in [6, 6.07) is 7.02. The summed E-state index contributed by atoms with van der Waals surface area (Å²) < 4.78 is 5.01. The second-order valence-electron chi connectivity index (χ2n) is 2.86. The molecule has 0 aromatic heterocycles. The zero-order valence-corrected chi connectivity index (χ0v) is 9.23. The highest BCUT2D eigenvalue weighted by Gasteiger charge is 2.06. The number of nitrogens with zero attached hydrogens (tertiary/aromatic N) is 2. The summed E-state index contributed by atoms with van der Waals surface area (Å²) in [7, 11) is 1.57. The van der Waals surface area contributed by atoms with Gasteiger partial charge in [0.15, 0.2) is 5.78 Å². The van der Waals surface area contributed by atoms with E-state index in [0.717, 1.165) is 0 Å². The fraction of sp³-hybridized carbons (Fsp3) is 0.300. The van der Waals surface area contributed by atoms with E-state index >= 15 is 0 Å². The summed E-state index contributed by atoms with van der Waals surface area (Å²) in [6.07, 6.45) is 0. The van der Waals surface area contributed by atoms with Crippen LogP contribution in [0.1, 0.15) is 6.92 Å². The summed E-state index contributed by atoms with van der Waals surface area (Å²) in [4.78, 5) is 10.8. The van der Waals surface area contributed by atoms with Crippen molar-refractivity contribution >= 4 is 23.1 Å². The van der Waals surface area contributed by atoms with E-state index in [-0.39, 0.29) is 5.78 Å². The molecule has 0 N–H and O–H groups in total. The fourth-order valence-electron chi connectivity index (χ4n) is 0.871. The summed E-state index contributed by atoms with van der Waals surface area (Å²) in [5.41, 5.74) is -0.322. The Bertz CT molecular complexity index is 379. The van der Waals surface area contributed by atoms with Crippen molar-refractivity contribution in [1.29, 1.82) is 0 Å². The van der Waals surface area contributed by atoms with Gasteiger partial charge in [-0.1, -0.05) is 17.7 Å². The van der Waals surface area contributed by atoms with Gasteiger partial charge in [-0.2, -0.15) is 10.2 Å². The number of azo groups is 1. The van der Waals surface area contributed by atoms with Crippen molar-refractivity contribution in [1.82, 2.24) is 0 Å². The lowest BCUT2D eigenvalue weighted by atomic mass is 10.3. The smallest absolute Gasteiger partial charge is 0.202 e. The molecule has 1 aromatic carbocycles. The number of hydrogen-bond donors (Lipinski definition) is 0. The first-order valence-corrected chi connectivity index (χ1v) is 4.76. The highest BCUT2D eigenvalue weighted by molar-refractivity contribution is 6.30. The highest BCUT2D eigenvalue weighted by atomic mass is 35.5. The molecule has 1 atom stereocenters. The molecule has 0 bridgehead atoms. The largest absolute Gasteiger partial charge is 0.497 e. The van der Waals surface area contributed by atoms with Crippen molar-refractivity contribution in [3.8, 4) is 5.75 Å². The van der Waals surface area contributed by atoms with Crippen LogP contribution in [0.2, 0.25) is 0 Å². The van der Waals surface area contributed by atoms with Gasteiger partial charge in [-0.3, -0.25) is 4.79 Å². The summed E-state index contributed by atoms with van der Waals surface area (Å²) in [5.74, 6) is 0.448. The number of alkyl halides is 1. The molecule has 0 aliphatic rings. The van der Waals surface area contributed by atoms with Crippen molar-refractivity contribution in [3.05, 3.63) is 24.3 Å². The molecule has 1 aromatic rings. The molecule has 15 heavy (non-hydrogen) atoms. The molecule has 4 nitrogen and oxygen atoms in total. The average molecular weight is 227 g/mol. The summed E-state index contributed by atoms with van der Waals surface area (Å²) in [6.45, 7) is 1.36. The fourth-order valence-corrected chi connectivity index (χ4v) is 0.915. The van der Waals surface area contributed by atoms with Crippen molar-refractivity contribution in [3.63, 3.8) is 0 Å². The van der Waals surface area contributed by atoms with E-state index in [1.165, 1.54) is 6.92 Å². The van der Waals surface area contributed by atoms with Crippen LogP contribution in [0.25, 0.3) is 0 Å². The van der Waals surface area contributed by atoms with E-state index in [1.807, 2.05) is 0 Å². The van der Waals surface area contributed by atoms with E-state index < -0.39 is 5.50 Å². The number of rotatable bonds is 4. The van der Waals surface area contributed by atoms with E-state index in [0.29, 0.717) is 11.4 Å². The molecule has 0 aliphatic carbocycles. The molecular weight excluding hydrogens is 216 g/mol. The molecular formula is C10H11ClN2O2. The van der Waals surface area contributed by atoms with Crippen LogP contribution in [0.3, 0.4) is 0 Å². The third-order valence-electron chi connectivity index (χ3n) is 1.66. The van der Waals surface area contributed by atoms with Gasteiger partial charge in [-0.15, -0.1) is 0 Å². The van der Waals surface area contributed by atoms with Crippen LogP contribution in [0, 0.1) is 0 Å². The zero-order valence-electron chi connectivity index (χ0n) is 8.48.